The standard InChI is InChI=1S/C18H13Cl2N3O2S/c1-11-10-26-18(22-11)23-21-9-12-2-5-14(6-3-12)25-17(24)15-7-4-13(19)8-16(15)20/h2-10H,1H3,(H,22,23). The van der Waals surface area contributed by atoms with E-state index in [1.54, 1.807) is 36.5 Å². The van der Waals surface area contributed by atoms with Crippen LogP contribution in [0.5, 0.6) is 5.75 Å². The largest absolute Gasteiger partial charge is 0.423 e. The Morgan fingerprint density at radius 1 is 1.23 bits per heavy atom. The van der Waals surface area contributed by atoms with Crippen LogP contribution in [-0.2, 0) is 0 Å². The summed E-state index contributed by atoms with van der Waals surface area (Å²) in [5, 5.41) is 7.48. The van der Waals surface area contributed by atoms with Gasteiger partial charge in [-0.2, -0.15) is 5.10 Å². The van der Waals surface area contributed by atoms with Crippen molar-refractivity contribution in [3.63, 3.8) is 0 Å². The summed E-state index contributed by atoms with van der Waals surface area (Å²) in [7, 11) is 0. The van der Waals surface area contributed by atoms with Gasteiger partial charge in [0, 0.05) is 10.4 Å². The topological polar surface area (TPSA) is 63.6 Å². The highest BCUT2D eigenvalue weighted by molar-refractivity contribution is 7.13. The Hall–Kier alpha value is -2.41. The van der Waals surface area contributed by atoms with Gasteiger partial charge in [-0.3, -0.25) is 5.43 Å². The van der Waals surface area contributed by atoms with Gasteiger partial charge in [0.1, 0.15) is 5.75 Å². The van der Waals surface area contributed by atoms with Gasteiger partial charge in [-0.1, -0.05) is 23.2 Å². The lowest BCUT2D eigenvalue weighted by Gasteiger charge is -2.06. The van der Waals surface area contributed by atoms with Crippen molar-refractivity contribution in [2.75, 3.05) is 5.43 Å². The predicted molar refractivity (Wildman–Crippen MR) is 106 cm³/mol. The van der Waals surface area contributed by atoms with Gasteiger partial charge in [0.05, 0.1) is 22.5 Å². The molecule has 1 aromatic heterocycles. The van der Waals surface area contributed by atoms with Crippen LogP contribution in [0.15, 0.2) is 52.9 Å². The Kier molecular flexibility index (Phi) is 5.88. The molecule has 132 valence electrons. The lowest BCUT2D eigenvalue weighted by molar-refractivity contribution is 0.0735. The predicted octanol–water partition coefficient (Wildman–Crippen LogP) is 5.42. The number of aryl methyl sites for hydroxylation is 1. The van der Waals surface area contributed by atoms with Crippen molar-refractivity contribution >= 4 is 51.9 Å². The third kappa shape index (κ3) is 4.82. The molecule has 0 aliphatic rings. The summed E-state index contributed by atoms with van der Waals surface area (Å²) < 4.78 is 5.32. The van der Waals surface area contributed by atoms with Crippen LogP contribution in [0.1, 0.15) is 21.6 Å². The maximum atomic E-state index is 12.2. The molecule has 5 nitrogen and oxygen atoms in total. The number of carbonyl (C=O) groups excluding carboxylic acids is 1. The van der Waals surface area contributed by atoms with E-state index in [-0.39, 0.29) is 10.6 Å². The lowest BCUT2D eigenvalue weighted by Crippen LogP contribution is -2.09. The maximum Gasteiger partial charge on any atom is 0.345 e. The monoisotopic (exact) mass is 405 g/mol. The zero-order valence-electron chi connectivity index (χ0n) is 13.6. The molecule has 0 aliphatic carbocycles. The number of anilines is 1. The molecule has 0 bridgehead atoms. The first-order valence-electron chi connectivity index (χ1n) is 7.50. The second-order valence-corrected chi connectivity index (χ2v) is 6.95. The van der Waals surface area contributed by atoms with E-state index in [1.807, 2.05) is 12.3 Å². The smallest absolute Gasteiger partial charge is 0.345 e. The molecule has 3 aromatic rings. The van der Waals surface area contributed by atoms with Crippen molar-refractivity contribution in [2.45, 2.75) is 6.92 Å². The van der Waals surface area contributed by atoms with E-state index in [4.69, 9.17) is 27.9 Å². The van der Waals surface area contributed by atoms with Crippen LogP contribution >= 0.6 is 34.5 Å². The highest BCUT2D eigenvalue weighted by Gasteiger charge is 2.13. The number of esters is 1. The van der Waals surface area contributed by atoms with E-state index in [9.17, 15) is 4.79 Å². The molecule has 0 aliphatic heterocycles. The van der Waals surface area contributed by atoms with Gasteiger partial charge in [-0.05, 0) is 55.0 Å². The van der Waals surface area contributed by atoms with Crippen molar-refractivity contribution in [1.29, 1.82) is 0 Å². The number of carbonyl (C=O) groups is 1. The third-order valence-corrected chi connectivity index (χ3v) is 4.65. The van der Waals surface area contributed by atoms with Crippen LogP contribution in [0, 0.1) is 6.92 Å². The Morgan fingerprint density at radius 2 is 2.00 bits per heavy atom. The highest BCUT2D eigenvalue weighted by Crippen LogP contribution is 2.23. The molecule has 1 heterocycles. The van der Waals surface area contributed by atoms with E-state index < -0.39 is 5.97 Å². The van der Waals surface area contributed by atoms with Gasteiger partial charge in [0.25, 0.3) is 0 Å². The number of halogens is 2. The van der Waals surface area contributed by atoms with Crippen molar-refractivity contribution < 1.29 is 9.53 Å². The minimum Gasteiger partial charge on any atom is -0.423 e. The Morgan fingerprint density at radius 3 is 2.65 bits per heavy atom. The summed E-state index contributed by atoms with van der Waals surface area (Å²) in [4.78, 5) is 16.4. The number of aromatic nitrogens is 1. The second-order valence-electron chi connectivity index (χ2n) is 5.25. The molecule has 0 unspecified atom stereocenters. The molecule has 0 spiro atoms. The summed E-state index contributed by atoms with van der Waals surface area (Å²) >= 11 is 13.3. The van der Waals surface area contributed by atoms with E-state index in [2.05, 4.69) is 15.5 Å². The van der Waals surface area contributed by atoms with Crippen LogP contribution < -0.4 is 10.2 Å². The number of ether oxygens (including phenoxy) is 1. The minimum atomic E-state index is -0.547. The Labute approximate surface area is 164 Å². The van der Waals surface area contributed by atoms with Gasteiger partial charge in [-0.15, -0.1) is 11.3 Å². The summed E-state index contributed by atoms with van der Waals surface area (Å²) in [5.41, 5.74) is 4.90. The average molecular weight is 406 g/mol. The van der Waals surface area contributed by atoms with Gasteiger partial charge in [-0.25, -0.2) is 9.78 Å². The molecule has 0 saturated carbocycles. The first-order valence-corrected chi connectivity index (χ1v) is 9.13. The minimum absolute atomic E-state index is 0.245. The van der Waals surface area contributed by atoms with Crippen LogP contribution in [0.3, 0.4) is 0 Å². The summed E-state index contributed by atoms with van der Waals surface area (Å²) in [6.07, 6.45) is 1.65. The molecule has 0 fully saturated rings. The van der Waals surface area contributed by atoms with Crippen molar-refractivity contribution in [1.82, 2.24) is 4.98 Å². The van der Waals surface area contributed by atoms with E-state index in [0.717, 1.165) is 16.4 Å². The van der Waals surface area contributed by atoms with Gasteiger partial charge in [0.2, 0.25) is 5.13 Å². The molecule has 0 atom stereocenters. The molecule has 0 amide bonds. The van der Waals surface area contributed by atoms with Gasteiger partial charge >= 0.3 is 5.97 Å². The Balaban J connectivity index is 1.61. The molecule has 1 N–H and O–H groups in total. The average Bonchev–Trinajstić information content (AvgIpc) is 3.01. The molecule has 0 radical (unpaired) electrons. The highest BCUT2D eigenvalue weighted by atomic mass is 35.5. The molecule has 3 rings (SSSR count). The zero-order valence-corrected chi connectivity index (χ0v) is 15.9. The molecular formula is C18H13Cl2N3O2S. The first kappa shape index (κ1) is 18.4. The second kappa shape index (κ2) is 8.31. The van der Waals surface area contributed by atoms with E-state index in [1.165, 1.54) is 23.5 Å². The fourth-order valence-electron chi connectivity index (χ4n) is 2.01. The normalized spacial score (nSPS) is 10.9. The number of nitrogens with one attached hydrogen (secondary N) is 1. The Bertz CT molecular complexity index is 955. The molecular weight excluding hydrogens is 393 g/mol. The van der Waals surface area contributed by atoms with Crippen LogP contribution in [-0.4, -0.2) is 17.2 Å². The summed E-state index contributed by atoms with van der Waals surface area (Å²) in [5.74, 6) is -0.143. The number of rotatable bonds is 5. The number of benzene rings is 2. The van der Waals surface area contributed by atoms with Crippen LogP contribution in [0.4, 0.5) is 5.13 Å². The van der Waals surface area contributed by atoms with Gasteiger partial charge < -0.3 is 4.74 Å². The first-order chi connectivity index (χ1) is 12.5. The molecule has 26 heavy (non-hydrogen) atoms. The number of hydrogen-bond acceptors (Lipinski definition) is 6. The number of nitrogens with zero attached hydrogens (tertiary/aromatic N) is 2. The third-order valence-electron chi connectivity index (χ3n) is 3.23. The SMILES string of the molecule is Cc1csc(NN=Cc2ccc(OC(=O)c3ccc(Cl)cc3Cl)cc2)n1. The number of hydrogen-bond donors (Lipinski definition) is 1. The van der Waals surface area contributed by atoms with Crippen molar-refractivity contribution in [3.05, 3.63) is 74.7 Å². The molecule has 2 aromatic carbocycles. The van der Waals surface area contributed by atoms with Gasteiger partial charge in [0.15, 0.2) is 0 Å². The fourth-order valence-corrected chi connectivity index (χ4v) is 3.13. The van der Waals surface area contributed by atoms with Crippen molar-refractivity contribution in [3.8, 4) is 5.75 Å². The quantitative estimate of drug-likeness (QED) is 0.266. The summed E-state index contributed by atoms with van der Waals surface area (Å²) in [6.45, 7) is 1.92. The molecule has 8 heteroatoms. The van der Waals surface area contributed by atoms with E-state index in [0.29, 0.717) is 10.8 Å². The zero-order chi connectivity index (χ0) is 18.5. The maximum absolute atomic E-state index is 12.2. The fraction of sp³-hybridized carbons (Fsp3) is 0.0556. The number of thiazole rings is 1. The van der Waals surface area contributed by atoms with Crippen molar-refractivity contribution in [2.24, 2.45) is 5.10 Å². The van der Waals surface area contributed by atoms with Crippen LogP contribution in [0.2, 0.25) is 10.0 Å². The number of hydrazone groups is 1. The van der Waals surface area contributed by atoms with E-state index >= 15 is 0 Å². The van der Waals surface area contributed by atoms with Crippen LogP contribution in [0.25, 0.3) is 0 Å². The lowest BCUT2D eigenvalue weighted by atomic mass is 10.2. The molecule has 0 saturated heterocycles. The summed E-state index contributed by atoms with van der Waals surface area (Å²) in [6, 6.07) is 11.5.